The van der Waals surface area contributed by atoms with Gasteiger partial charge in [-0.3, -0.25) is 9.52 Å². The Bertz CT molecular complexity index is 1410. The van der Waals surface area contributed by atoms with Crippen LogP contribution in [0, 0.1) is 0 Å². The van der Waals surface area contributed by atoms with Gasteiger partial charge in [0.05, 0.1) is 42.1 Å². The number of halogens is 1. The van der Waals surface area contributed by atoms with Gasteiger partial charge in [0.2, 0.25) is 6.10 Å². The van der Waals surface area contributed by atoms with E-state index in [1.54, 1.807) is 30.3 Å². The Morgan fingerprint density at radius 1 is 1.08 bits per heavy atom. The Hall–Kier alpha value is -3.96. The van der Waals surface area contributed by atoms with Gasteiger partial charge in [-0.1, -0.05) is 23.7 Å². The van der Waals surface area contributed by atoms with E-state index in [0.717, 1.165) is 0 Å². The number of ether oxygens (including phenoxy) is 4. The number of nitrogens with one attached hydrogen (secondary N) is 1. The van der Waals surface area contributed by atoms with Gasteiger partial charge < -0.3 is 23.8 Å². The van der Waals surface area contributed by atoms with Crippen LogP contribution in [0.25, 0.3) is 0 Å². The second-order valence-corrected chi connectivity index (χ2v) is 9.91. The summed E-state index contributed by atoms with van der Waals surface area (Å²) in [5, 5.41) is 0.261. The van der Waals surface area contributed by atoms with Gasteiger partial charge >= 0.3 is 5.97 Å². The number of carbonyl (C=O) groups excluding carboxylic acids is 2. The van der Waals surface area contributed by atoms with E-state index in [0.29, 0.717) is 17.2 Å². The van der Waals surface area contributed by atoms with Crippen LogP contribution in [0.1, 0.15) is 0 Å². The molecule has 0 saturated heterocycles. The average Bonchev–Trinajstić information content (AvgIpc) is 2.90. The number of amides is 1. The molecule has 3 aromatic rings. The number of benzene rings is 3. The van der Waals surface area contributed by atoms with Crippen LogP contribution in [0.5, 0.6) is 17.2 Å². The molecular weight excluding hydrogens is 524 g/mol. The molecule has 1 aliphatic rings. The van der Waals surface area contributed by atoms with Gasteiger partial charge in [0.1, 0.15) is 17.2 Å². The van der Waals surface area contributed by atoms with Gasteiger partial charge in [-0.15, -0.1) is 0 Å². The molecule has 0 aromatic heterocycles. The van der Waals surface area contributed by atoms with Crippen molar-refractivity contribution in [1.82, 2.24) is 0 Å². The summed E-state index contributed by atoms with van der Waals surface area (Å²) in [6, 6.07) is 16.9. The molecule has 37 heavy (non-hydrogen) atoms. The second kappa shape index (κ2) is 11.0. The zero-order valence-corrected chi connectivity index (χ0v) is 21.4. The molecule has 10 nitrogen and oxygen atoms in total. The lowest BCUT2D eigenvalue weighted by Crippen LogP contribution is -2.48. The van der Waals surface area contributed by atoms with E-state index in [-0.39, 0.29) is 34.5 Å². The fraction of sp³-hybridized carbons (Fsp3) is 0.200. The fourth-order valence-corrected chi connectivity index (χ4v) is 4.91. The maximum Gasteiger partial charge on any atom is 0.348 e. The Morgan fingerprint density at radius 2 is 1.81 bits per heavy atom. The summed E-state index contributed by atoms with van der Waals surface area (Å²) in [6.07, 6.45) is -0.971. The number of sulfonamides is 1. The van der Waals surface area contributed by atoms with Gasteiger partial charge in [0.15, 0.2) is 6.61 Å². The molecule has 0 unspecified atom stereocenters. The first-order valence-electron chi connectivity index (χ1n) is 10.9. The molecule has 0 spiro atoms. The molecule has 0 radical (unpaired) electrons. The van der Waals surface area contributed by atoms with Crippen LogP contribution < -0.4 is 23.8 Å². The summed E-state index contributed by atoms with van der Waals surface area (Å²) in [6.45, 7) is -0.388. The highest BCUT2D eigenvalue weighted by Gasteiger charge is 2.34. The summed E-state index contributed by atoms with van der Waals surface area (Å²) in [7, 11) is -1.20. The molecule has 12 heteroatoms. The number of nitrogens with zero attached hydrogens (tertiary/aromatic N) is 1. The molecule has 1 heterocycles. The van der Waals surface area contributed by atoms with Crippen molar-refractivity contribution in [1.29, 1.82) is 0 Å². The van der Waals surface area contributed by atoms with E-state index < -0.39 is 28.0 Å². The number of anilines is 2. The summed E-state index contributed by atoms with van der Waals surface area (Å²) >= 11 is 6.06. The highest BCUT2D eigenvalue weighted by molar-refractivity contribution is 7.92. The third-order valence-corrected chi connectivity index (χ3v) is 7.13. The second-order valence-electron chi connectivity index (χ2n) is 7.82. The van der Waals surface area contributed by atoms with E-state index in [1.165, 1.54) is 55.5 Å². The monoisotopic (exact) mass is 546 g/mol. The number of para-hydroxylation sites is 2. The maximum absolute atomic E-state index is 13.0. The van der Waals surface area contributed by atoms with Crippen molar-refractivity contribution in [3.63, 3.8) is 0 Å². The highest BCUT2D eigenvalue weighted by atomic mass is 35.5. The van der Waals surface area contributed by atoms with Gasteiger partial charge in [0, 0.05) is 0 Å². The largest absolute Gasteiger partial charge is 0.495 e. The number of hydrogen-bond donors (Lipinski definition) is 1. The first-order valence-corrected chi connectivity index (χ1v) is 12.8. The molecule has 1 N–H and O–H groups in total. The fourth-order valence-electron chi connectivity index (χ4n) is 3.61. The number of fused-ring (bicyclic) bond motifs is 1. The van der Waals surface area contributed by atoms with Crippen molar-refractivity contribution >= 4 is 44.9 Å². The molecule has 0 aliphatic carbocycles. The van der Waals surface area contributed by atoms with Gasteiger partial charge in [-0.25, -0.2) is 13.2 Å². The first-order chi connectivity index (χ1) is 17.7. The first kappa shape index (κ1) is 26.1. The molecular formula is C25H23ClN2O8S. The number of hydrogen-bond acceptors (Lipinski definition) is 8. The average molecular weight is 547 g/mol. The Morgan fingerprint density at radius 3 is 2.49 bits per heavy atom. The molecule has 0 fully saturated rings. The number of carbonyl (C=O) groups is 2. The van der Waals surface area contributed by atoms with Crippen molar-refractivity contribution in [2.75, 3.05) is 37.0 Å². The maximum atomic E-state index is 13.0. The van der Waals surface area contributed by atoms with Crippen LogP contribution in [0.15, 0.2) is 71.6 Å². The summed E-state index contributed by atoms with van der Waals surface area (Å²) in [5.41, 5.74) is 0.773. The third kappa shape index (κ3) is 5.89. The zero-order valence-electron chi connectivity index (χ0n) is 19.8. The topological polar surface area (TPSA) is 120 Å². The molecule has 194 valence electrons. The van der Waals surface area contributed by atoms with Crippen LogP contribution in [0.3, 0.4) is 0 Å². The number of esters is 1. The van der Waals surface area contributed by atoms with Crippen LogP contribution >= 0.6 is 11.6 Å². The Balaban J connectivity index is 1.42. The minimum absolute atomic E-state index is 0.0128. The summed E-state index contributed by atoms with van der Waals surface area (Å²) in [5.74, 6) is 0.0561. The third-order valence-electron chi connectivity index (χ3n) is 5.44. The normalized spacial score (nSPS) is 14.7. The van der Waals surface area contributed by atoms with Crippen molar-refractivity contribution in [2.24, 2.45) is 0 Å². The quantitative estimate of drug-likeness (QED) is 0.426. The molecule has 1 amide bonds. The molecule has 4 rings (SSSR count). The predicted octanol–water partition coefficient (Wildman–Crippen LogP) is 3.50. The molecule has 1 atom stereocenters. The van der Waals surface area contributed by atoms with E-state index in [4.69, 9.17) is 30.5 Å². The minimum atomic E-state index is -3.90. The van der Waals surface area contributed by atoms with Crippen LogP contribution in [-0.4, -0.2) is 53.8 Å². The number of methoxy groups -OCH3 is 2. The van der Waals surface area contributed by atoms with E-state index in [9.17, 15) is 18.0 Å². The number of rotatable bonds is 8. The van der Waals surface area contributed by atoms with Crippen LogP contribution in [0.4, 0.5) is 11.4 Å². The lowest BCUT2D eigenvalue weighted by molar-refractivity contribution is -0.148. The SMILES string of the molecule is COC(=O)[C@H]1CN(C(=O)COc2ccc(S(=O)(=O)Nc3ccc(OC)c(Cl)c3)cc2)c2ccccc2O1. The molecule has 0 bridgehead atoms. The standard InChI is InChI=1S/C25H23ClN2O8S/c1-33-21-12-7-16(13-19(21)26)27-37(31,32)18-10-8-17(9-11-18)35-15-24(29)28-14-23(25(30)34-2)36-22-6-4-3-5-20(22)28/h3-13,23,27H,14-15H2,1-2H3/t23-/m1/s1. The van der Waals surface area contributed by atoms with Crippen molar-refractivity contribution in [3.05, 3.63) is 71.8 Å². The van der Waals surface area contributed by atoms with Crippen molar-refractivity contribution < 1.29 is 37.0 Å². The van der Waals surface area contributed by atoms with Crippen molar-refractivity contribution in [3.8, 4) is 17.2 Å². The van der Waals surface area contributed by atoms with E-state index in [1.807, 2.05) is 0 Å². The van der Waals surface area contributed by atoms with Crippen LogP contribution in [0.2, 0.25) is 5.02 Å². The smallest absolute Gasteiger partial charge is 0.348 e. The molecule has 1 aliphatic heterocycles. The lowest BCUT2D eigenvalue weighted by Gasteiger charge is -2.33. The lowest BCUT2D eigenvalue weighted by atomic mass is 10.2. The van der Waals surface area contributed by atoms with E-state index >= 15 is 0 Å². The predicted molar refractivity (Wildman–Crippen MR) is 136 cm³/mol. The Kier molecular flexibility index (Phi) is 7.74. The van der Waals surface area contributed by atoms with Gasteiger partial charge in [-0.2, -0.15) is 0 Å². The minimum Gasteiger partial charge on any atom is -0.495 e. The van der Waals surface area contributed by atoms with Crippen LogP contribution in [-0.2, 0) is 24.3 Å². The molecule has 3 aromatic carbocycles. The van der Waals surface area contributed by atoms with E-state index in [2.05, 4.69) is 4.72 Å². The summed E-state index contributed by atoms with van der Waals surface area (Å²) < 4.78 is 49.0. The molecule has 0 saturated carbocycles. The Labute approximate surface area is 218 Å². The van der Waals surface area contributed by atoms with Gasteiger partial charge in [0.25, 0.3) is 15.9 Å². The highest BCUT2D eigenvalue weighted by Crippen LogP contribution is 2.33. The summed E-state index contributed by atoms with van der Waals surface area (Å²) in [4.78, 5) is 26.4. The van der Waals surface area contributed by atoms with Gasteiger partial charge in [-0.05, 0) is 54.6 Å². The van der Waals surface area contributed by atoms with Crippen molar-refractivity contribution in [2.45, 2.75) is 11.0 Å². The zero-order chi connectivity index (χ0) is 26.6.